The molecule has 28 heavy (non-hydrogen) atoms. The van der Waals surface area contributed by atoms with Gasteiger partial charge in [0.2, 0.25) is 5.91 Å². The second-order valence-corrected chi connectivity index (χ2v) is 9.43. The summed E-state index contributed by atoms with van der Waals surface area (Å²) in [4.78, 5) is 31.1. The third kappa shape index (κ3) is 3.87. The second-order valence-electron chi connectivity index (χ2n) is 8.23. The molecule has 4 rings (SSSR count). The molecule has 0 atom stereocenters. The van der Waals surface area contributed by atoms with E-state index < -0.39 is 0 Å². The van der Waals surface area contributed by atoms with Gasteiger partial charge < -0.3 is 14.7 Å². The molecule has 2 aliphatic heterocycles. The Balaban J connectivity index is 1.36. The summed E-state index contributed by atoms with van der Waals surface area (Å²) in [7, 11) is 1.97. The van der Waals surface area contributed by atoms with Crippen LogP contribution in [0.15, 0.2) is 6.33 Å². The van der Waals surface area contributed by atoms with Gasteiger partial charge in [0.05, 0.1) is 5.39 Å². The Morgan fingerprint density at radius 3 is 2.61 bits per heavy atom. The van der Waals surface area contributed by atoms with Crippen LogP contribution in [0.3, 0.4) is 0 Å². The zero-order valence-corrected chi connectivity index (χ0v) is 18.1. The van der Waals surface area contributed by atoms with Gasteiger partial charge in [-0.05, 0) is 58.2 Å². The number of anilines is 1. The number of rotatable bonds is 5. The molecule has 0 aromatic carbocycles. The maximum absolute atomic E-state index is 12.9. The van der Waals surface area contributed by atoms with Crippen molar-refractivity contribution in [1.82, 2.24) is 19.8 Å². The molecule has 2 aliphatic rings. The monoisotopic (exact) mass is 401 g/mol. The van der Waals surface area contributed by atoms with Crippen LogP contribution in [0, 0.1) is 19.8 Å². The summed E-state index contributed by atoms with van der Waals surface area (Å²) in [6, 6.07) is 0. The number of amides is 1. The highest BCUT2D eigenvalue weighted by Gasteiger charge is 2.29. The number of fused-ring (bicyclic) bond motifs is 1. The van der Waals surface area contributed by atoms with Crippen LogP contribution < -0.4 is 4.90 Å². The first-order chi connectivity index (χ1) is 13.5. The number of nitrogens with zero attached hydrogens (tertiary/aromatic N) is 5. The van der Waals surface area contributed by atoms with Gasteiger partial charge in [-0.25, -0.2) is 9.97 Å². The molecule has 0 unspecified atom stereocenters. The predicted octanol–water partition coefficient (Wildman–Crippen LogP) is 3.08. The number of carbonyl (C=O) groups is 1. The molecule has 2 aromatic rings. The van der Waals surface area contributed by atoms with Crippen molar-refractivity contribution < 1.29 is 4.79 Å². The minimum Gasteiger partial charge on any atom is -0.356 e. The third-order valence-electron chi connectivity index (χ3n) is 6.42. The van der Waals surface area contributed by atoms with Crippen molar-refractivity contribution in [3.05, 3.63) is 16.8 Å². The van der Waals surface area contributed by atoms with Crippen molar-refractivity contribution in [3.8, 4) is 0 Å². The highest BCUT2D eigenvalue weighted by Crippen LogP contribution is 2.35. The molecule has 0 N–H and O–H groups in total. The fourth-order valence-corrected chi connectivity index (χ4v) is 5.45. The first kappa shape index (κ1) is 19.6. The van der Waals surface area contributed by atoms with Crippen molar-refractivity contribution in [3.63, 3.8) is 0 Å². The molecule has 4 heterocycles. The van der Waals surface area contributed by atoms with E-state index in [2.05, 4.69) is 33.6 Å². The summed E-state index contributed by atoms with van der Waals surface area (Å²) in [6.07, 6.45) is 6.09. The fourth-order valence-electron chi connectivity index (χ4n) is 4.46. The van der Waals surface area contributed by atoms with Crippen LogP contribution in [-0.2, 0) is 4.79 Å². The Labute approximate surface area is 171 Å². The minimum atomic E-state index is 0.141. The Hall–Kier alpha value is -1.73. The zero-order chi connectivity index (χ0) is 19.7. The number of aryl methyl sites for hydroxylation is 2. The van der Waals surface area contributed by atoms with E-state index in [1.54, 1.807) is 17.7 Å². The van der Waals surface area contributed by atoms with Crippen LogP contribution in [0.4, 0.5) is 5.82 Å². The van der Waals surface area contributed by atoms with E-state index in [0.717, 1.165) is 49.7 Å². The topological polar surface area (TPSA) is 52.6 Å². The van der Waals surface area contributed by atoms with Crippen molar-refractivity contribution in [2.24, 2.45) is 5.92 Å². The molecule has 0 bridgehead atoms. The Morgan fingerprint density at radius 2 is 1.89 bits per heavy atom. The van der Waals surface area contributed by atoms with E-state index >= 15 is 0 Å². The summed E-state index contributed by atoms with van der Waals surface area (Å²) < 4.78 is 0. The lowest BCUT2D eigenvalue weighted by atomic mass is 9.95. The number of likely N-dealkylation sites (tertiary alicyclic amines) is 1. The number of hydrogen-bond acceptors (Lipinski definition) is 6. The van der Waals surface area contributed by atoms with Crippen LogP contribution in [0.2, 0.25) is 0 Å². The van der Waals surface area contributed by atoms with Gasteiger partial charge in [0.1, 0.15) is 17.0 Å². The van der Waals surface area contributed by atoms with Gasteiger partial charge in [0.25, 0.3) is 0 Å². The zero-order valence-electron chi connectivity index (χ0n) is 17.3. The highest BCUT2D eigenvalue weighted by molar-refractivity contribution is 7.18. The largest absolute Gasteiger partial charge is 0.356 e. The third-order valence-corrected chi connectivity index (χ3v) is 7.53. The summed E-state index contributed by atoms with van der Waals surface area (Å²) in [5, 5.41) is 1.19. The molecule has 7 heteroatoms. The van der Waals surface area contributed by atoms with Gasteiger partial charge in [0, 0.05) is 44.0 Å². The summed E-state index contributed by atoms with van der Waals surface area (Å²) in [5.74, 6) is 1.50. The first-order valence-corrected chi connectivity index (χ1v) is 11.3. The average molecular weight is 402 g/mol. The molecule has 6 nitrogen and oxygen atoms in total. The van der Waals surface area contributed by atoms with Crippen molar-refractivity contribution in [1.29, 1.82) is 0 Å². The maximum Gasteiger partial charge on any atom is 0.225 e. The van der Waals surface area contributed by atoms with Crippen LogP contribution in [0.25, 0.3) is 10.2 Å². The predicted molar refractivity (Wildman–Crippen MR) is 115 cm³/mol. The van der Waals surface area contributed by atoms with Crippen LogP contribution in [0.1, 0.15) is 36.1 Å². The van der Waals surface area contributed by atoms with E-state index in [9.17, 15) is 4.79 Å². The Morgan fingerprint density at radius 1 is 1.18 bits per heavy atom. The van der Waals surface area contributed by atoms with E-state index in [4.69, 9.17) is 0 Å². The van der Waals surface area contributed by atoms with Crippen molar-refractivity contribution >= 4 is 33.3 Å². The lowest BCUT2D eigenvalue weighted by molar-refractivity contribution is -0.135. The van der Waals surface area contributed by atoms with E-state index in [1.807, 2.05) is 11.9 Å². The van der Waals surface area contributed by atoms with Gasteiger partial charge in [-0.2, -0.15) is 0 Å². The SMILES string of the molecule is Cc1sc2ncnc(N3CCC(C(=O)N(C)CCN4CCCC4)CC3)c2c1C. The van der Waals surface area contributed by atoms with Crippen molar-refractivity contribution in [2.45, 2.75) is 39.5 Å². The number of carbonyl (C=O) groups excluding carboxylic acids is 1. The van der Waals surface area contributed by atoms with Gasteiger partial charge >= 0.3 is 0 Å². The normalized spacial score (nSPS) is 18.9. The van der Waals surface area contributed by atoms with Crippen LogP contribution in [-0.4, -0.2) is 72.0 Å². The molecule has 1 amide bonds. The average Bonchev–Trinajstić information content (AvgIpc) is 3.34. The maximum atomic E-state index is 12.9. The Bertz CT molecular complexity index is 837. The number of thiophene rings is 1. The number of piperidine rings is 1. The summed E-state index contributed by atoms with van der Waals surface area (Å²) >= 11 is 1.74. The number of hydrogen-bond donors (Lipinski definition) is 0. The van der Waals surface area contributed by atoms with E-state index in [1.165, 1.54) is 41.8 Å². The van der Waals surface area contributed by atoms with E-state index in [0.29, 0.717) is 5.91 Å². The Kier molecular flexibility index (Phi) is 5.83. The van der Waals surface area contributed by atoms with Crippen molar-refractivity contribution in [2.75, 3.05) is 51.2 Å². The lowest BCUT2D eigenvalue weighted by Crippen LogP contribution is -2.43. The van der Waals surface area contributed by atoms with Crippen LogP contribution >= 0.6 is 11.3 Å². The summed E-state index contributed by atoms with van der Waals surface area (Å²) in [5.41, 5.74) is 1.29. The first-order valence-electron chi connectivity index (χ1n) is 10.5. The molecule has 0 radical (unpaired) electrons. The quantitative estimate of drug-likeness (QED) is 0.771. The second kappa shape index (κ2) is 8.33. The molecule has 2 fully saturated rings. The molecular formula is C21H31N5OS. The molecule has 0 spiro atoms. The molecule has 0 aliphatic carbocycles. The van der Waals surface area contributed by atoms with Gasteiger partial charge in [0.15, 0.2) is 0 Å². The van der Waals surface area contributed by atoms with E-state index in [-0.39, 0.29) is 5.92 Å². The molecule has 2 aromatic heterocycles. The van der Waals surface area contributed by atoms with Gasteiger partial charge in [-0.1, -0.05) is 0 Å². The molecule has 2 saturated heterocycles. The minimum absolute atomic E-state index is 0.141. The van der Waals surface area contributed by atoms with Gasteiger partial charge in [-0.15, -0.1) is 11.3 Å². The molecule has 0 saturated carbocycles. The number of aromatic nitrogens is 2. The smallest absolute Gasteiger partial charge is 0.225 e. The van der Waals surface area contributed by atoms with Gasteiger partial charge in [-0.3, -0.25) is 4.79 Å². The van der Waals surface area contributed by atoms with Crippen LogP contribution in [0.5, 0.6) is 0 Å². The summed E-state index contributed by atoms with van der Waals surface area (Å²) in [6.45, 7) is 10.3. The lowest BCUT2D eigenvalue weighted by Gasteiger charge is -2.34. The fraction of sp³-hybridized carbons (Fsp3) is 0.667. The number of likely N-dealkylation sites (N-methyl/N-ethyl adjacent to an activating group) is 1. The highest BCUT2D eigenvalue weighted by atomic mass is 32.1. The molecular weight excluding hydrogens is 370 g/mol. The molecule has 152 valence electrons. The standard InChI is InChI=1S/C21H31N5OS/c1-15-16(2)28-20-18(15)19(22-14-23-20)26-10-6-17(7-11-26)21(27)24(3)12-13-25-8-4-5-9-25/h14,17H,4-13H2,1-3H3.